The van der Waals surface area contributed by atoms with Crippen molar-refractivity contribution in [3.05, 3.63) is 36.4 Å². The van der Waals surface area contributed by atoms with Crippen LogP contribution in [0.5, 0.6) is 0 Å². The van der Waals surface area contributed by atoms with Gasteiger partial charge in [0, 0.05) is 6.04 Å². The van der Waals surface area contributed by atoms with Gasteiger partial charge in [-0.15, -0.1) is 0 Å². The van der Waals surface area contributed by atoms with Crippen LogP contribution in [0.1, 0.15) is 20.3 Å². The van der Waals surface area contributed by atoms with E-state index in [2.05, 4.69) is 6.92 Å². The number of benzene rings is 1. The Morgan fingerprint density at radius 1 is 1.00 bits per heavy atom. The van der Waals surface area contributed by atoms with E-state index in [1.165, 1.54) is 0 Å². The maximum atomic E-state index is 5.29. The summed E-state index contributed by atoms with van der Waals surface area (Å²) >= 11 is 0. The number of rotatable bonds is 1. The highest BCUT2D eigenvalue weighted by Crippen LogP contribution is 1.80. The molecule has 1 aromatic carbocycles. The molecular weight excluding hydrogens is 134 g/mol. The van der Waals surface area contributed by atoms with Gasteiger partial charge in [0.25, 0.3) is 0 Å². The van der Waals surface area contributed by atoms with Crippen molar-refractivity contribution in [2.75, 3.05) is 0 Å². The highest BCUT2D eigenvalue weighted by molar-refractivity contribution is 4.99. The van der Waals surface area contributed by atoms with Crippen LogP contribution in [0.3, 0.4) is 0 Å². The van der Waals surface area contributed by atoms with Crippen LogP contribution in [0.25, 0.3) is 0 Å². The molecule has 1 aromatic rings. The van der Waals surface area contributed by atoms with Crippen LogP contribution in [0.15, 0.2) is 36.4 Å². The highest BCUT2D eigenvalue weighted by atomic mass is 14.6. The third-order valence-electron chi connectivity index (χ3n) is 1.31. The molecule has 0 aromatic heterocycles. The maximum Gasteiger partial charge on any atom is 0.000781 e. The summed E-state index contributed by atoms with van der Waals surface area (Å²) in [6.07, 6.45) is 1.08. The molecule has 0 bridgehead atoms. The molecule has 1 nitrogen and oxygen atoms in total. The molecule has 0 aliphatic rings. The average molecular weight is 151 g/mol. The summed E-state index contributed by atoms with van der Waals surface area (Å²) in [6.45, 7) is 4.07. The Morgan fingerprint density at radius 2 is 1.18 bits per heavy atom. The SMILES string of the molecule is CCC(C)N.c1ccccc1. The summed E-state index contributed by atoms with van der Waals surface area (Å²) < 4.78 is 0. The van der Waals surface area contributed by atoms with E-state index >= 15 is 0 Å². The van der Waals surface area contributed by atoms with E-state index < -0.39 is 0 Å². The van der Waals surface area contributed by atoms with Gasteiger partial charge in [-0.1, -0.05) is 43.3 Å². The molecule has 2 N–H and O–H groups in total. The zero-order valence-corrected chi connectivity index (χ0v) is 7.33. The average Bonchev–Trinajstić information content (AvgIpc) is 2.09. The number of nitrogens with two attached hydrogens (primary N) is 1. The van der Waals surface area contributed by atoms with Gasteiger partial charge >= 0.3 is 0 Å². The standard InChI is InChI=1S/C6H6.C4H11N/c1-2-4-6-5-3-1;1-3-4(2)5/h1-6H;4H,3,5H2,1-2H3. The molecule has 1 unspecified atom stereocenters. The topological polar surface area (TPSA) is 26.0 Å². The molecule has 0 aliphatic carbocycles. The van der Waals surface area contributed by atoms with Gasteiger partial charge in [0.1, 0.15) is 0 Å². The summed E-state index contributed by atoms with van der Waals surface area (Å²) in [5, 5.41) is 0. The Morgan fingerprint density at radius 3 is 1.27 bits per heavy atom. The van der Waals surface area contributed by atoms with Gasteiger partial charge in [-0.2, -0.15) is 0 Å². The molecule has 0 fully saturated rings. The second-order valence-corrected chi connectivity index (χ2v) is 2.54. The zero-order chi connectivity index (χ0) is 8.53. The first-order chi connectivity index (χ1) is 5.27. The molecule has 1 heteroatoms. The van der Waals surface area contributed by atoms with E-state index in [4.69, 9.17) is 5.73 Å². The summed E-state index contributed by atoms with van der Waals surface area (Å²) in [4.78, 5) is 0. The molecule has 0 aliphatic heterocycles. The molecule has 0 amide bonds. The minimum atomic E-state index is 0.384. The first-order valence-corrected chi connectivity index (χ1v) is 4.03. The van der Waals surface area contributed by atoms with Crippen LogP contribution in [-0.2, 0) is 0 Å². The lowest BCUT2D eigenvalue weighted by Gasteiger charge is -1.91. The summed E-state index contributed by atoms with van der Waals surface area (Å²) in [6, 6.07) is 12.4. The van der Waals surface area contributed by atoms with Gasteiger partial charge in [0.05, 0.1) is 0 Å². The predicted octanol–water partition coefficient (Wildman–Crippen LogP) is 2.43. The molecule has 0 spiro atoms. The van der Waals surface area contributed by atoms with Crippen LogP contribution in [0.4, 0.5) is 0 Å². The minimum Gasteiger partial charge on any atom is -0.328 e. The lowest BCUT2D eigenvalue weighted by atomic mass is 10.3. The third-order valence-corrected chi connectivity index (χ3v) is 1.31. The highest BCUT2D eigenvalue weighted by Gasteiger charge is 1.79. The van der Waals surface area contributed by atoms with Crippen LogP contribution in [-0.4, -0.2) is 6.04 Å². The normalized spacial score (nSPS) is 11.2. The smallest absolute Gasteiger partial charge is 0.000781 e. The Kier molecular flexibility index (Phi) is 6.75. The Bertz CT molecular complexity index is 120. The van der Waals surface area contributed by atoms with Crippen molar-refractivity contribution >= 4 is 0 Å². The van der Waals surface area contributed by atoms with Crippen molar-refractivity contribution < 1.29 is 0 Å². The number of hydrogen-bond donors (Lipinski definition) is 1. The van der Waals surface area contributed by atoms with Crippen molar-refractivity contribution in [3.63, 3.8) is 0 Å². The molecule has 62 valence electrons. The van der Waals surface area contributed by atoms with Gasteiger partial charge in [-0.05, 0) is 13.3 Å². The summed E-state index contributed by atoms with van der Waals surface area (Å²) in [5.74, 6) is 0. The lowest BCUT2D eigenvalue weighted by molar-refractivity contribution is 0.715. The van der Waals surface area contributed by atoms with Crippen LogP contribution < -0.4 is 5.73 Å². The predicted molar refractivity (Wildman–Crippen MR) is 50.4 cm³/mol. The molecule has 1 atom stereocenters. The zero-order valence-electron chi connectivity index (χ0n) is 7.33. The first-order valence-electron chi connectivity index (χ1n) is 4.03. The Labute approximate surface area is 69.2 Å². The summed E-state index contributed by atoms with van der Waals surface area (Å²) in [5.41, 5.74) is 5.29. The van der Waals surface area contributed by atoms with E-state index in [1.54, 1.807) is 0 Å². The first kappa shape index (κ1) is 10.2. The molecule has 11 heavy (non-hydrogen) atoms. The lowest BCUT2D eigenvalue weighted by Crippen LogP contribution is -2.11. The molecular formula is C10H17N. The molecule has 1 rings (SSSR count). The second-order valence-electron chi connectivity index (χ2n) is 2.54. The third kappa shape index (κ3) is 9.18. The van der Waals surface area contributed by atoms with Gasteiger partial charge in [-0.3, -0.25) is 0 Å². The van der Waals surface area contributed by atoms with E-state index in [9.17, 15) is 0 Å². The quantitative estimate of drug-likeness (QED) is 0.655. The molecule has 0 saturated carbocycles. The minimum absolute atomic E-state index is 0.384. The maximum absolute atomic E-state index is 5.29. The molecule has 0 saturated heterocycles. The second kappa shape index (κ2) is 7.29. The Balaban J connectivity index is 0.000000187. The van der Waals surface area contributed by atoms with Crippen molar-refractivity contribution in [2.24, 2.45) is 5.73 Å². The van der Waals surface area contributed by atoms with Crippen LogP contribution >= 0.6 is 0 Å². The van der Waals surface area contributed by atoms with Crippen molar-refractivity contribution in [2.45, 2.75) is 26.3 Å². The summed E-state index contributed by atoms with van der Waals surface area (Å²) in [7, 11) is 0. The van der Waals surface area contributed by atoms with Gasteiger partial charge in [-0.25, -0.2) is 0 Å². The van der Waals surface area contributed by atoms with Gasteiger partial charge in [0.15, 0.2) is 0 Å². The Hall–Kier alpha value is -0.820. The largest absolute Gasteiger partial charge is 0.328 e. The van der Waals surface area contributed by atoms with Crippen LogP contribution in [0.2, 0.25) is 0 Å². The molecule has 0 heterocycles. The monoisotopic (exact) mass is 151 g/mol. The fourth-order valence-electron chi connectivity index (χ4n) is 0.385. The van der Waals surface area contributed by atoms with E-state index in [0.29, 0.717) is 6.04 Å². The van der Waals surface area contributed by atoms with E-state index in [-0.39, 0.29) is 0 Å². The van der Waals surface area contributed by atoms with Crippen LogP contribution in [0, 0.1) is 0 Å². The van der Waals surface area contributed by atoms with Crippen molar-refractivity contribution in [1.82, 2.24) is 0 Å². The fourth-order valence-corrected chi connectivity index (χ4v) is 0.385. The van der Waals surface area contributed by atoms with Gasteiger partial charge in [0.2, 0.25) is 0 Å². The van der Waals surface area contributed by atoms with Gasteiger partial charge < -0.3 is 5.73 Å². The van der Waals surface area contributed by atoms with Crippen molar-refractivity contribution in [3.8, 4) is 0 Å². The fraction of sp³-hybridized carbons (Fsp3) is 0.400. The van der Waals surface area contributed by atoms with Crippen molar-refractivity contribution in [1.29, 1.82) is 0 Å². The van der Waals surface area contributed by atoms with E-state index in [0.717, 1.165) is 6.42 Å². The number of hydrogen-bond acceptors (Lipinski definition) is 1. The molecule has 0 radical (unpaired) electrons. The van der Waals surface area contributed by atoms with E-state index in [1.807, 2.05) is 43.3 Å².